The summed E-state index contributed by atoms with van der Waals surface area (Å²) in [5.41, 5.74) is 9.29. The van der Waals surface area contributed by atoms with Gasteiger partial charge in [-0.1, -0.05) is 40.3 Å². The summed E-state index contributed by atoms with van der Waals surface area (Å²) in [6, 6.07) is 7.40. The maximum Gasteiger partial charge on any atom is 0.324 e. The number of urea groups is 1. The topological polar surface area (TPSA) is 172 Å². The molecule has 1 aromatic carbocycles. The van der Waals surface area contributed by atoms with E-state index < -0.39 is 41.3 Å². The Morgan fingerprint density at radius 2 is 1.85 bits per heavy atom. The van der Waals surface area contributed by atoms with Gasteiger partial charge < -0.3 is 34.1 Å². The van der Waals surface area contributed by atoms with Crippen molar-refractivity contribution < 1.29 is 33.4 Å². The Hall–Kier alpha value is -5.65. The molecule has 2 N–H and O–H groups in total. The zero-order valence-corrected chi connectivity index (χ0v) is 42.0. The van der Waals surface area contributed by atoms with Crippen LogP contribution < -0.4 is 10.7 Å². The molecule has 2 saturated heterocycles. The minimum absolute atomic E-state index is 0.0842. The first-order valence-electron chi connectivity index (χ1n) is 24.0. The standard InChI is InChI=1S/C51H69N9O7S/c1-11-43(61)56(8)28-33-19-23-58(24-20-33)50(65)57(9)45(31(3)4)47(62)54-39-26-42-53-40(29-68-42)34-17-18-41-36(25-34)37(46(59(41)12-2)35-15-13-21-52-44(35)32(5)66-10)27-51(6,7)30-67-49(64)38-16-14-22-60(55-38)48(39)63/h11,13,15,17-18,21,25,29,31-33,38-39,45,55H,1,12,14,16,19-20,22-24,26-28,30H2,2-10H3,(H,54,62)/t32-,38?,39-,45-/m0/s1. The fraction of sp³-hybridized carbons (Fsp3) is 0.549. The summed E-state index contributed by atoms with van der Waals surface area (Å²) < 4.78 is 14.3. The molecule has 6 bridgehead atoms. The first kappa shape index (κ1) is 50.2. The summed E-state index contributed by atoms with van der Waals surface area (Å²) in [6.07, 6.45) is 5.95. The molecular weight excluding hydrogens is 883 g/mol. The van der Waals surface area contributed by atoms with Gasteiger partial charge in [-0.05, 0) is 93.7 Å². The minimum atomic E-state index is -1.07. The van der Waals surface area contributed by atoms with Gasteiger partial charge in [0, 0.05) is 99.4 Å². The highest BCUT2D eigenvalue weighted by Crippen LogP contribution is 2.42. The number of pyridine rings is 1. The van der Waals surface area contributed by atoms with Gasteiger partial charge in [-0.2, -0.15) is 0 Å². The van der Waals surface area contributed by atoms with Crippen LogP contribution in [-0.4, -0.2) is 136 Å². The quantitative estimate of drug-likeness (QED) is 0.123. The summed E-state index contributed by atoms with van der Waals surface area (Å²) in [5, 5.41) is 8.16. The van der Waals surface area contributed by atoms with Gasteiger partial charge in [-0.3, -0.25) is 29.2 Å². The molecule has 0 saturated carbocycles. The van der Waals surface area contributed by atoms with Gasteiger partial charge in [0.25, 0.3) is 5.91 Å². The van der Waals surface area contributed by atoms with Crippen molar-refractivity contribution in [3.05, 3.63) is 70.8 Å². The summed E-state index contributed by atoms with van der Waals surface area (Å²) in [4.78, 5) is 84.0. The average Bonchev–Trinajstić information content (AvgIpc) is 3.93. The average molecular weight is 952 g/mol. The number of hydrogen-bond donors (Lipinski definition) is 2. The third-order valence-electron chi connectivity index (χ3n) is 13.7. The largest absolute Gasteiger partial charge is 0.464 e. The van der Waals surface area contributed by atoms with E-state index in [2.05, 4.69) is 66.9 Å². The van der Waals surface area contributed by atoms with Crippen LogP contribution >= 0.6 is 11.3 Å². The predicted molar refractivity (Wildman–Crippen MR) is 263 cm³/mol. The molecule has 3 aliphatic rings. The van der Waals surface area contributed by atoms with Crippen LogP contribution in [0, 0.1) is 17.3 Å². The summed E-state index contributed by atoms with van der Waals surface area (Å²) >= 11 is 1.41. The van der Waals surface area contributed by atoms with Crippen molar-refractivity contribution in [1.29, 1.82) is 0 Å². The summed E-state index contributed by atoms with van der Waals surface area (Å²) in [5.74, 6) is -1.53. The molecule has 6 heterocycles. The summed E-state index contributed by atoms with van der Waals surface area (Å²) in [7, 11) is 5.07. The second-order valence-electron chi connectivity index (χ2n) is 19.7. The van der Waals surface area contributed by atoms with Gasteiger partial charge >= 0.3 is 12.0 Å². The molecule has 0 radical (unpaired) electrons. The van der Waals surface area contributed by atoms with E-state index in [0.717, 1.165) is 57.5 Å². The third-order valence-corrected chi connectivity index (χ3v) is 14.6. The van der Waals surface area contributed by atoms with Crippen molar-refractivity contribution in [2.24, 2.45) is 17.3 Å². The molecule has 0 aliphatic carbocycles. The van der Waals surface area contributed by atoms with Crippen LogP contribution in [0.2, 0.25) is 0 Å². The Bertz CT molecular complexity index is 2510. The SMILES string of the molecule is C=CC(=O)N(C)CC1CCN(C(=O)N(C)[C@H](C(=O)N[C@H]2Cc3nc(cs3)-c3ccc4c(c3)c(c(-c3cccnc3[C@H](C)OC)n4CC)CC(C)(C)COC(=O)C3CCCN(N3)C2=O)C(C)C)CC1. The fourth-order valence-corrected chi connectivity index (χ4v) is 10.9. The zero-order valence-electron chi connectivity index (χ0n) is 41.2. The Morgan fingerprint density at radius 3 is 2.54 bits per heavy atom. The van der Waals surface area contributed by atoms with E-state index in [1.165, 1.54) is 27.3 Å². The van der Waals surface area contributed by atoms with E-state index in [4.69, 9.17) is 19.4 Å². The van der Waals surface area contributed by atoms with Crippen LogP contribution in [0.25, 0.3) is 33.4 Å². The van der Waals surface area contributed by atoms with Crippen LogP contribution in [0.1, 0.15) is 89.6 Å². The number of likely N-dealkylation sites (N-methyl/N-ethyl adjacent to an activating group) is 2. The number of piperidine rings is 1. The number of likely N-dealkylation sites (tertiary alicyclic amines) is 1. The highest BCUT2D eigenvalue weighted by atomic mass is 32.1. The lowest BCUT2D eigenvalue weighted by Gasteiger charge is -2.39. The van der Waals surface area contributed by atoms with Crippen LogP contribution in [0.4, 0.5) is 4.79 Å². The summed E-state index contributed by atoms with van der Waals surface area (Å²) in [6.45, 7) is 18.4. The number of nitrogens with one attached hydrogen (secondary N) is 2. The van der Waals surface area contributed by atoms with Crippen LogP contribution in [-0.2, 0) is 48.0 Å². The molecule has 366 valence electrons. The number of ether oxygens (including phenoxy) is 2. The smallest absolute Gasteiger partial charge is 0.324 e. The predicted octanol–water partition coefficient (Wildman–Crippen LogP) is 6.64. The number of aryl methyl sites for hydroxylation is 1. The first-order valence-corrected chi connectivity index (χ1v) is 24.8. The first-order chi connectivity index (χ1) is 32.4. The minimum Gasteiger partial charge on any atom is -0.464 e. The number of hydrazine groups is 1. The van der Waals surface area contributed by atoms with Gasteiger partial charge in [0.15, 0.2) is 0 Å². The van der Waals surface area contributed by atoms with Crippen LogP contribution in [0.5, 0.6) is 0 Å². The number of rotatable bonds is 11. The van der Waals surface area contributed by atoms with Crippen LogP contribution in [0.15, 0.2) is 54.6 Å². The van der Waals surface area contributed by atoms with Gasteiger partial charge in [0.05, 0.1) is 34.8 Å². The lowest BCUT2D eigenvalue weighted by molar-refractivity contribution is -0.155. The number of aromatic nitrogens is 3. The number of fused-ring (bicyclic) bond motifs is 6. The van der Waals surface area contributed by atoms with Crippen molar-refractivity contribution in [2.45, 2.75) is 111 Å². The molecular formula is C51H69N9O7S. The molecule has 7 rings (SSSR count). The molecule has 68 heavy (non-hydrogen) atoms. The second kappa shape index (κ2) is 21.3. The number of nitrogens with zero attached hydrogens (tertiary/aromatic N) is 7. The third kappa shape index (κ3) is 10.8. The van der Waals surface area contributed by atoms with E-state index in [0.29, 0.717) is 57.0 Å². The molecule has 3 aliphatic heterocycles. The normalized spacial score (nSPS) is 20.1. The molecule has 2 fully saturated rings. The maximum atomic E-state index is 14.7. The Balaban J connectivity index is 1.21. The number of carbonyl (C=O) groups excluding carboxylic acids is 5. The lowest BCUT2D eigenvalue weighted by Crippen LogP contribution is -2.62. The van der Waals surface area contributed by atoms with Crippen molar-refractivity contribution in [3.63, 3.8) is 0 Å². The molecule has 4 aromatic rings. The number of carbonyl (C=O) groups is 5. The van der Waals surface area contributed by atoms with E-state index in [1.54, 1.807) is 37.2 Å². The highest BCUT2D eigenvalue weighted by molar-refractivity contribution is 7.10. The molecule has 4 atom stereocenters. The number of hydrogen-bond acceptors (Lipinski definition) is 11. The van der Waals surface area contributed by atoms with E-state index >= 15 is 0 Å². The second-order valence-corrected chi connectivity index (χ2v) is 20.7. The Morgan fingerprint density at radius 1 is 1.10 bits per heavy atom. The molecule has 16 nitrogen and oxygen atoms in total. The van der Waals surface area contributed by atoms with E-state index in [1.807, 2.05) is 32.2 Å². The number of cyclic esters (lactones) is 1. The zero-order chi connectivity index (χ0) is 49.0. The van der Waals surface area contributed by atoms with Gasteiger partial charge in [-0.25, -0.2) is 15.2 Å². The molecule has 17 heteroatoms. The fourth-order valence-electron chi connectivity index (χ4n) is 10.0. The Labute approximate surface area is 404 Å². The molecule has 1 unspecified atom stereocenters. The molecule has 0 spiro atoms. The van der Waals surface area contributed by atoms with Gasteiger partial charge in [-0.15, -0.1) is 11.3 Å². The number of thiazole rings is 1. The molecule has 3 aromatic heterocycles. The number of amides is 5. The van der Waals surface area contributed by atoms with Crippen molar-refractivity contribution in [2.75, 3.05) is 54.0 Å². The maximum absolute atomic E-state index is 14.7. The van der Waals surface area contributed by atoms with Gasteiger partial charge in [0.2, 0.25) is 11.8 Å². The molecule has 5 amide bonds. The Kier molecular flexibility index (Phi) is 15.8. The van der Waals surface area contributed by atoms with Crippen molar-refractivity contribution in [3.8, 4) is 22.5 Å². The van der Waals surface area contributed by atoms with Gasteiger partial charge in [0.1, 0.15) is 18.1 Å². The van der Waals surface area contributed by atoms with Crippen molar-refractivity contribution >= 4 is 52.0 Å². The number of benzene rings is 1. The van der Waals surface area contributed by atoms with E-state index in [9.17, 15) is 24.0 Å². The van der Waals surface area contributed by atoms with Crippen molar-refractivity contribution in [1.82, 2.24) is 45.0 Å². The number of esters is 1. The number of methoxy groups -OCH3 is 1. The lowest BCUT2D eigenvalue weighted by atomic mass is 9.84. The van der Waals surface area contributed by atoms with Crippen LogP contribution in [0.3, 0.4) is 0 Å². The highest BCUT2D eigenvalue weighted by Gasteiger charge is 2.39. The van der Waals surface area contributed by atoms with E-state index in [-0.39, 0.29) is 42.9 Å². The monoisotopic (exact) mass is 952 g/mol.